The van der Waals surface area contributed by atoms with E-state index in [-0.39, 0.29) is 22.9 Å². The van der Waals surface area contributed by atoms with Gasteiger partial charge in [-0.2, -0.15) is 13.2 Å². The monoisotopic (exact) mass is 398 g/mol. The first-order chi connectivity index (χ1) is 13.1. The average molecular weight is 398 g/mol. The lowest BCUT2D eigenvalue weighted by molar-refractivity contribution is -0.141. The van der Waals surface area contributed by atoms with Crippen LogP contribution in [0.4, 0.5) is 32.0 Å². The highest BCUT2D eigenvalue weighted by atomic mass is 19.4. The van der Waals surface area contributed by atoms with E-state index in [1.165, 1.54) is 19.1 Å². The zero-order valence-corrected chi connectivity index (χ0v) is 14.3. The fraction of sp³-hybridized carbons (Fsp3) is 0.111. The molecule has 3 aromatic rings. The summed E-state index contributed by atoms with van der Waals surface area (Å²) in [5.74, 6) is -2.84. The minimum atomic E-state index is -4.66. The van der Waals surface area contributed by atoms with Crippen molar-refractivity contribution in [2.75, 3.05) is 5.32 Å². The van der Waals surface area contributed by atoms with Crippen molar-refractivity contribution in [2.24, 2.45) is 0 Å². The number of aryl methyl sites for hydroxylation is 1. The van der Waals surface area contributed by atoms with E-state index in [0.717, 1.165) is 23.0 Å². The number of anilines is 1. The average Bonchev–Trinajstić information content (AvgIpc) is 2.97. The highest BCUT2D eigenvalue weighted by Gasteiger charge is 2.34. The first kappa shape index (κ1) is 19.5. The molecule has 0 atom stereocenters. The second-order valence-electron chi connectivity index (χ2n) is 5.79. The van der Waals surface area contributed by atoms with E-state index in [1.54, 1.807) is 0 Å². The maximum Gasteiger partial charge on any atom is 0.434 e. The van der Waals surface area contributed by atoms with Crippen LogP contribution in [0.3, 0.4) is 0 Å². The lowest BCUT2D eigenvalue weighted by atomic mass is 10.1. The summed E-state index contributed by atoms with van der Waals surface area (Å²) in [6, 6.07) is 3.50. The smallest absolute Gasteiger partial charge is 0.355 e. The molecule has 3 rings (SSSR count). The van der Waals surface area contributed by atoms with E-state index in [0.29, 0.717) is 6.20 Å². The van der Waals surface area contributed by atoms with Gasteiger partial charge in [-0.15, -0.1) is 0 Å². The Kier molecular flexibility index (Phi) is 4.88. The van der Waals surface area contributed by atoms with Crippen LogP contribution in [0, 0.1) is 24.4 Å². The summed E-state index contributed by atoms with van der Waals surface area (Å²) in [6.07, 6.45) is -2.38. The minimum absolute atomic E-state index is 0.0581. The summed E-state index contributed by atoms with van der Waals surface area (Å²) in [4.78, 5) is 6.73. The number of nitrogens with one attached hydrogen (secondary N) is 1. The Balaban J connectivity index is 1.89. The summed E-state index contributed by atoms with van der Waals surface area (Å²) in [7, 11) is 0. The number of halogens is 6. The van der Waals surface area contributed by atoms with Crippen molar-refractivity contribution >= 4 is 11.4 Å². The largest absolute Gasteiger partial charge is 0.434 e. The predicted molar refractivity (Wildman–Crippen MR) is 90.1 cm³/mol. The zero-order chi connectivity index (χ0) is 20.6. The molecule has 4 nitrogen and oxygen atoms in total. The Morgan fingerprint density at radius 3 is 2.25 bits per heavy atom. The molecular weight excluding hydrogens is 386 g/mol. The molecule has 0 aliphatic rings. The van der Waals surface area contributed by atoms with Crippen LogP contribution >= 0.6 is 0 Å². The highest BCUT2D eigenvalue weighted by molar-refractivity contribution is 5.76. The van der Waals surface area contributed by atoms with Crippen LogP contribution < -0.4 is 5.32 Å². The number of benzene rings is 1. The van der Waals surface area contributed by atoms with Crippen molar-refractivity contribution in [1.29, 1.82) is 0 Å². The summed E-state index contributed by atoms with van der Waals surface area (Å²) in [6.45, 7) is 4.82. The first-order valence-corrected chi connectivity index (χ1v) is 7.76. The fourth-order valence-corrected chi connectivity index (χ4v) is 2.57. The quantitative estimate of drug-likeness (QED) is 0.623. The number of aromatic nitrogens is 3. The molecule has 0 amide bonds. The number of rotatable bonds is 4. The molecule has 0 bridgehead atoms. The van der Waals surface area contributed by atoms with E-state index < -0.39 is 34.9 Å². The third-order valence-corrected chi connectivity index (χ3v) is 3.83. The third-order valence-electron chi connectivity index (χ3n) is 3.83. The second kappa shape index (κ2) is 7.02. The van der Waals surface area contributed by atoms with Gasteiger partial charge in [0.05, 0.1) is 23.6 Å². The van der Waals surface area contributed by atoms with Crippen molar-refractivity contribution < 1.29 is 26.3 Å². The predicted octanol–water partition coefficient (Wildman–Crippen LogP) is 5.09. The molecule has 1 aromatic carbocycles. The van der Waals surface area contributed by atoms with Gasteiger partial charge in [0, 0.05) is 17.6 Å². The number of pyridine rings is 1. The zero-order valence-electron chi connectivity index (χ0n) is 14.3. The lowest BCUT2D eigenvalue weighted by Gasteiger charge is -2.13. The van der Waals surface area contributed by atoms with Gasteiger partial charge in [0.2, 0.25) is 0 Å². The van der Waals surface area contributed by atoms with Crippen molar-refractivity contribution in [3.63, 3.8) is 0 Å². The van der Waals surface area contributed by atoms with E-state index >= 15 is 0 Å². The van der Waals surface area contributed by atoms with Gasteiger partial charge in [-0.1, -0.05) is 6.58 Å². The van der Waals surface area contributed by atoms with Crippen LogP contribution in [-0.4, -0.2) is 14.5 Å². The van der Waals surface area contributed by atoms with E-state index in [2.05, 4.69) is 21.9 Å². The summed E-state index contributed by atoms with van der Waals surface area (Å²) < 4.78 is 81.2. The van der Waals surface area contributed by atoms with Gasteiger partial charge in [0.25, 0.3) is 0 Å². The molecule has 2 aromatic heterocycles. The Hall–Kier alpha value is -3.30. The van der Waals surface area contributed by atoms with Gasteiger partial charge in [-0.05, 0) is 25.1 Å². The highest BCUT2D eigenvalue weighted by Crippen LogP contribution is 2.30. The van der Waals surface area contributed by atoms with E-state index in [1.807, 2.05) is 0 Å². The summed E-state index contributed by atoms with van der Waals surface area (Å²) in [5.41, 5.74) is -1.86. The van der Waals surface area contributed by atoms with Crippen LogP contribution in [0.2, 0.25) is 0 Å². The van der Waals surface area contributed by atoms with Gasteiger partial charge in [-0.25, -0.2) is 18.2 Å². The Morgan fingerprint density at radius 2 is 1.71 bits per heavy atom. The first-order valence-electron chi connectivity index (χ1n) is 7.76. The van der Waals surface area contributed by atoms with Gasteiger partial charge in [0.15, 0.2) is 17.3 Å². The molecule has 0 aliphatic carbocycles. The van der Waals surface area contributed by atoms with Crippen molar-refractivity contribution in [2.45, 2.75) is 13.1 Å². The van der Waals surface area contributed by atoms with Crippen molar-refractivity contribution in [1.82, 2.24) is 14.5 Å². The Bertz CT molecular complexity index is 1030. The topological polar surface area (TPSA) is 42.7 Å². The van der Waals surface area contributed by atoms with E-state index in [4.69, 9.17) is 0 Å². The molecule has 0 unspecified atom stereocenters. The fourth-order valence-electron chi connectivity index (χ4n) is 2.57. The van der Waals surface area contributed by atoms with Crippen molar-refractivity contribution in [3.05, 3.63) is 77.9 Å². The molecule has 0 saturated carbocycles. The Labute approximate surface area is 155 Å². The van der Waals surface area contributed by atoms with Gasteiger partial charge in [0.1, 0.15) is 11.6 Å². The SMILES string of the molecule is C=C(Nc1ccc(-n2cc(C(F)(F)F)nc2C)c(F)c1)c1c(F)cncc1F. The molecule has 146 valence electrons. The molecule has 28 heavy (non-hydrogen) atoms. The number of imidazole rings is 1. The standard InChI is InChI=1S/C18H12F6N4/c1-9(17-13(20)6-25-7-14(17)21)26-11-3-4-15(12(19)5-11)28-8-16(18(22,23)24)27-10(28)2/h3-8,26H,1H2,2H3. The normalized spacial score (nSPS) is 11.5. The van der Waals surface area contributed by atoms with Gasteiger partial charge < -0.3 is 9.88 Å². The Morgan fingerprint density at radius 1 is 1.07 bits per heavy atom. The van der Waals surface area contributed by atoms with E-state index in [9.17, 15) is 26.3 Å². The van der Waals surface area contributed by atoms with Crippen LogP contribution in [0.15, 0.2) is 43.4 Å². The molecule has 0 fully saturated rings. The summed E-state index contributed by atoms with van der Waals surface area (Å²) in [5, 5.41) is 2.56. The van der Waals surface area contributed by atoms with Gasteiger partial charge in [-0.3, -0.25) is 4.98 Å². The maximum absolute atomic E-state index is 14.5. The van der Waals surface area contributed by atoms with Gasteiger partial charge >= 0.3 is 6.18 Å². The van der Waals surface area contributed by atoms with Crippen LogP contribution in [-0.2, 0) is 6.18 Å². The number of hydrogen-bond donors (Lipinski definition) is 1. The molecule has 0 radical (unpaired) electrons. The second-order valence-corrected chi connectivity index (χ2v) is 5.79. The third kappa shape index (κ3) is 3.71. The number of hydrogen-bond acceptors (Lipinski definition) is 3. The number of alkyl halides is 3. The minimum Gasteiger partial charge on any atom is -0.355 e. The number of nitrogens with zero attached hydrogens (tertiary/aromatic N) is 3. The van der Waals surface area contributed by atoms with Crippen LogP contribution in [0.25, 0.3) is 11.4 Å². The molecule has 0 saturated heterocycles. The maximum atomic E-state index is 14.5. The lowest BCUT2D eigenvalue weighted by Crippen LogP contribution is -2.05. The molecule has 1 N–H and O–H groups in total. The molecule has 0 spiro atoms. The van der Waals surface area contributed by atoms with Crippen LogP contribution in [0.5, 0.6) is 0 Å². The van der Waals surface area contributed by atoms with Crippen LogP contribution in [0.1, 0.15) is 17.1 Å². The van der Waals surface area contributed by atoms with Crippen molar-refractivity contribution in [3.8, 4) is 5.69 Å². The molecule has 10 heteroatoms. The molecular formula is C18H12F6N4. The molecule has 2 heterocycles. The molecule has 0 aliphatic heterocycles. The summed E-state index contributed by atoms with van der Waals surface area (Å²) >= 11 is 0.